The molecule has 0 fully saturated rings. The molecule has 0 amide bonds. The molecule has 0 aliphatic carbocycles. The molecule has 1 heterocycles. The first kappa shape index (κ1) is 18.8. The van der Waals surface area contributed by atoms with Crippen molar-refractivity contribution >= 4 is 27.3 Å². The van der Waals surface area contributed by atoms with Gasteiger partial charge in [0.25, 0.3) is 10.0 Å². The van der Waals surface area contributed by atoms with Gasteiger partial charge in [-0.3, -0.25) is 9.71 Å². The van der Waals surface area contributed by atoms with Crippen molar-refractivity contribution in [3.8, 4) is 11.8 Å². The fraction of sp³-hybridized carbons (Fsp3) is 0. The minimum Gasteiger partial charge on any atom is -0.274 e. The van der Waals surface area contributed by atoms with Gasteiger partial charge in [0.05, 0.1) is 5.02 Å². The van der Waals surface area contributed by atoms with Gasteiger partial charge in [0.2, 0.25) is 0 Å². The molecule has 8 heteroatoms. The zero-order valence-corrected chi connectivity index (χ0v) is 15.2. The van der Waals surface area contributed by atoms with Crippen LogP contribution in [0.2, 0.25) is 5.02 Å². The number of pyridine rings is 1. The molecule has 4 nitrogen and oxygen atoms in total. The summed E-state index contributed by atoms with van der Waals surface area (Å²) in [4.78, 5) is 3.43. The monoisotopic (exact) mass is 404 g/mol. The van der Waals surface area contributed by atoms with E-state index in [1.807, 2.05) is 4.72 Å². The van der Waals surface area contributed by atoms with Crippen LogP contribution in [-0.4, -0.2) is 13.4 Å². The highest BCUT2D eigenvalue weighted by Gasteiger charge is 2.22. The zero-order chi connectivity index (χ0) is 19.4. The number of halogens is 3. The first-order valence-electron chi connectivity index (χ1n) is 7.56. The molecule has 0 aliphatic heterocycles. The first-order chi connectivity index (χ1) is 12.9. The summed E-state index contributed by atoms with van der Waals surface area (Å²) in [6.07, 6.45) is 2.43. The van der Waals surface area contributed by atoms with Gasteiger partial charge in [-0.05, 0) is 30.3 Å². The molecule has 0 saturated heterocycles. The topological polar surface area (TPSA) is 59.1 Å². The Balaban J connectivity index is 1.98. The van der Waals surface area contributed by atoms with Gasteiger partial charge in [-0.15, -0.1) is 0 Å². The number of anilines is 1. The number of hydrogen-bond acceptors (Lipinski definition) is 3. The SMILES string of the molecule is O=S(=O)(Nc1c(F)cc(C#Cc2ccccc2)c(Cl)c1F)c1cccnc1. The van der Waals surface area contributed by atoms with E-state index < -0.39 is 32.4 Å². The van der Waals surface area contributed by atoms with Crippen LogP contribution in [0, 0.1) is 23.5 Å². The number of aromatic nitrogens is 1. The number of rotatable bonds is 3. The van der Waals surface area contributed by atoms with E-state index in [4.69, 9.17) is 11.6 Å². The Morgan fingerprint density at radius 1 is 1.04 bits per heavy atom. The van der Waals surface area contributed by atoms with E-state index in [0.29, 0.717) is 5.56 Å². The van der Waals surface area contributed by atoms with Crippen molar-refractivity contribution in [1.82, 2.24) is 4.98 Å². The number of hydrogen-bond donors (Lipinski definition) is 1. The Kier molecular flexibility index (Phi) is 5.40. The molecule has 0 unspecified atom stereocenters. The van der Waals surface area contributed by atoms with Gasteiger partial charge in [0.15, 0.2) is 11.6 Å². The molecular weight excluding hydrogens is 394 g/mol. The number of sulfonamides is 1. The minimum atomic E-state index is -4.23. The van der Waals surface area contributed by atoms with E-state index in [0.717, 1.165) is 12.3 Å². The summed E-state index contributed by atoms with van der Waals surface area (Å²) >= 11 is 5.92. The van der Waals surface area contributed by atoms with Crippen LogP contribution in [0.25, 0.3) is 0 Å². The fourth-order valence-corrected chi connectivity index (χ4v) is 3.37. The summed E-state index contributed by atoms with van der Waals surface area (Å²) in [5.41, 5.74) is -0.343. The smallest absolute Gasteiger partial charge is 0.263 e. The molecule has 0 saturated carbocycles. The van der Waals surface area contributed by atoms with Gasteiger partial charge < -0.3 is 0 Å². The molecule has 0 radical (unpaired) electrons. The maximum Gasteiger partial charge on any atom is 0.263 e. The fourth-order valence-electron chi connectivity index (χ4n) is 2.14. The molecule has 2 aromatic carbocycles. The van der Waals surface area contributed by atoms with E-state index in [1.54, 1.807) is 30.3 Å². The molecule has 3 aromatic rings. The zero-order valence-electron chi connectivity index (χ0n) is 13.6. The molecule has 0 bridgehead atoms. The Morgan fingerprint density at radius 3 is 2.44 bits per heavy atom. The Morgan fingerprint density at radius 2 is 1.78 bits per heavy atom. The van der Waals surface area contributed by atoms with Crippen LogP contribution in [0.1, 0.15) is 11.1 Å². The van der Waals surface area contributed by atoms with Crippen molar-refractivity contribution in [3.05, 3.63) is 88.7 Å². The third-order valence-electron chi connectivity index (χ3n) is 3.45. The van der Waals surface area contributed by atoms with E-state index in [9.17, 15) is 17.2 Å². The molecular formula is C19H11ClF2N2O2S. The van der Waals surface area contributed by atoms with Crippen molar-refractivity contribution in [2.75, 3.05) is 4.72 Å². The van der Waals surface area contributed by atoms with E-state index in [1.165, 1.54) is 18.3 Å². The van der Waals surface area contributed by atoms with Gasteiger partial charge in [0, 0.05) is 23.5 Å². The lowest BCUT2D eigenvalue weighted by atomic mass is 10.1. The summed E-state index contributed by atoms with van der Waals surface area (Å²) < 4.78 is 55.2. The molecule has 1 N–H and O–H groups in total. The van der Waals surface area contributed by atoms with Gasteiger partial charge in [0.1, 0.15) is 10.6 Å². The first-order valence-corrected chi connectivity index (χ1v) is 9.42. The average molecular weight is 405 g/mol. The molecule has 1 aromatic heterocycles. The average Bonchev–Trinajstić information content (AvgIpc) is 2.68. The van der Waals surface area contributed by atoms with Gasteiger partial charge in [-0.1, -0.05) is 41.6 Å². The van der Waals surface area contributed by atoms with E-state index >= 15 is 0 Å². The Labute approximate surface area is 159 Å². The largest absolute Gasteiger partial charge is 0.274 e. The van der Waals surface area contributed by atoms with Crippen LogP contribution >= 0.6 is 11.6 Å². The van der Waals surface area contributed by atoms with Crippen LogP contribution in [-0.2, 0) is 10.0 Å². The second kappa shape index (κ2) is 7.74. The molecule has 0 aliphatic rings. The highest BCUT2D eigenvalue weighted by molar-refractivity contribution is 7.92. The maximum absolute atomic E-state index is 14.5. The summed E-state index contributed by atoms with van der Waals surface area (Å²) in [5.74, 6) is 2.93. The van der Waals surface area contributed by atoms with Crippen LogP contribution < -0.4 is 4.72 Å². The summed E-state index contributed by atoms with van der Waals surface area (Å²) in [6.45, 7) is 0. The van der Waals surface area contributed by atoms with Crippen LogP contribution in [0.5, 0.6) is 0 Å². The maximum atomic E-state index is 14.5. The highest BCUT2D eigenvalue weighted by atomic mass is 35.5. The van der Waals surface area contributed by atoms with Crippen molar-refractivity contribution in [1.29, 1.82) is 0 Å². The lowest BCUT2D eigenvalue weighted by Gasteiger charge is -2.11. The molecule has 0 atom stereocenters. The Hall–Kier alpha value is -2.95. The molecule has 27 heavy (non-hydrogen) atoms. The molecule has 0 spiro atoms. The minimum absolute atomic E-state index is 0.0974. The van der Waals surface area contributed by atoms with Crippen LogP contribution in [0.15, 0.2) is 65.8 Å². The number of nitrogens with one attached hydrogen (secondary N) is 1. The summed E-state index contributed by atoms with van der Waals surface area (Å²) in [5, 5.41) is -0.483. The summed E-state index contributed by atoms with van der Waals surface area (Å²) in [7, 11) is -4.23. The predicted molar refractivity (Wildman–Crippen MR) is 98.8 cm³/mol. The molecule has 3 rings (SSSR count). The van der Waals surface area contributed by atoms with Crippen molar-refractivity contribution in [2.45, 2.75) is 4.90 Å². The third-order valence-corrected chi connectivity index (χ3v) is 5.16. The second-order valence-corrected chi connectivity index (χ2v) is 7.38. The summed E-state index contributed by atoms with van der Waals surface area (Å²) in [6, 6.07) is 12.3. The Bertz CT molecular complexity index is 1140. The molecule has 136 valence electrons. The van der Waals surface area contributed by atoms with E-state index in [-0.39, 0.29) is 10.5 Å². The van der Waals surface area contributed by atoms with Crippen molar-refractivity contribution < 1.29 is 17.2 Å². The quantitative estimate of drug-likeness (QED) is 0.525. The third kappa shape index (κ3) is 4.25. The normalized spacial score (nSPS) is 10.8. The van der Waals surface area contributed by atoms with Gasteiger partial charge in [-0.2, -0.15) is 0 Å². The second-order valence-electron chi connectivity index (χ2n) is 5.32. The lowest BCUT2D eigenvalue weighted by Crippen LogP contribution is -2.15. The van der Waals surface area contributed by atoms with Crippen LogP contribution in [0.4, 0.5) is 14.5 Å². The van der Waals surface area contributed by atoms with Crippen LogP contribution in [0.3, 0.4) is 0 Å². The lowest BCUT2D eigenvalue weighted by molar-refractivity contribution is 0.582. The standard InChI is InChI=1S/C19H11ClF2N2O2S/c20-17-14(9-8-13-5-2-1-3-6-13)11-16(21)19(18(17)22)24-27(25,26)15-7-4-10-23-12-15/h1-7,10-12,24H. The van der Waals surface area contributed by atoms with Gasteiger partial charge >= 0.3 is 0 Å². The predicted octanol–water partition coefficient (Wildman–Crippen LogP) is 4.21. The van der Waals surface area contributed by atoms with Crippen molar-refractivity contribution in [2.24, 2.45) is 0 Å². The number of nitrogens with zero attached hydrogens (tertiary/aromatic N) is 1. The highest BCUT2D eigenvalue weighted by Crippen LogP contribution is 2.30. The van der Waals surface area contributed by atoms with E-state index in [2.05, 4.69) is 16.8 Å². The van der Waals surface area contributed by atoms with Gasteiger partial charge in [-0.25, -0.2) is 17.2 Å². The van der Waals surface area contributed by atoms with Crippen molar-refractivity contribution in [3.63, 3.8) is 0 Å². The number of benzene rings is 2.